The van der Waals surface area contributed by atoms with Gasteiger partial charge in [-0.1, -0.05) is 13.0 Å². The number of nitrogens with one attached hydrogen (secondary N) is 1. The number of carbonyl (C=O) groups is 1. The molecule has 1 aromatic carbocycles. The van der Waals surface area contributed by atoms with E-state index >= 15 is 0 Å². The second-order valence-electron chi connectivity index (χ2n) is 4.03. The number of carbonyl (C=O) groups excluding carboxylic acids is 1. The fourth-order valence-electron chi connectivity index (χ4n) is 1.68. The number of aryl methyl sites for hydroxylation is 2. The van der Waals surface area contributed by atoms with Crippen LogP contribution in [0.5, 0.6) is 0 Å². The molecule has 1 aromatic rings. The largest absolute Gasteiger partial charge is 0.320 e. The highest BCUT2D eigenvalue weighted by atomic mass is 16.6. The summed E-state index contributed by atoms with van der Waals surface area (Å²) in [6.45, 7) is 5.43. The van der Waals surface area contributed by atoms with Gasteiger partial charge in [-0.25, -0.2) is 0 Å². The van der Waals surface area contributed by atoms with E-state index in [0.717, 1.165) is 5.56 Å². The van der Waals surface area contributed by atoms with Gasteiger partial charge in [0.15, 0.2) is 0 Å². The summed E-state index contributed by atoms with van der Waals surface area (Å²) in [5.41, 5.74) is 1.77. The normalized spacial score (nSPS) is 10.1. The van der Waals surface area contributed by atoms with E-state index in [9.17, 15) is 14.9 Å². The first kappa shape index (κ1) is 13.2. The molecular weight excluding hydrogens is 220 g/mol. The first-order valence-electron chi connectivity index (χ1n) is 5.51. The quantitative estimate of drug-likeness (QED) is 0.645. The van der Waals surface area contributed by atoms with Crippen molar-refractivity contribution in [3.63, 3.8) is 0 Å². The smallest absolute Gasteiger partial charge is 0.293 e. The zero-order valence-electron chi connectivity index (χ0n) is 10.2. The maximum absolute atomic E-state index is 11.5. The summed E-state index contributed by atoms with van der Waals surface area (Å²) >= 11 is 0. The van der Waals surface area contributed by atoms with Gasteiger partial charge in [-0.05, 0) is 31.4 Å². The molecule has 0 aliphatic rings. The predicted molar refractivity (Wildman–Crippen MR) is 66.1 cm³/mol. The van der Waals surface area contributed by atoms with E-state index in [1.807, 2.05) is 13.0 Å². The number of hydrogen-bond acceptors (Lipinski definition) is 3. The summed E-state index contributed by atoms with van der Waals surface area (Å²) in [6.07, 6.45) is 1.08. The zero-order chi connectivity index (χ0) is 13.0. The fraction of sp³-hybridized carbons (Fsp3) is 0.417. The van der Waals surface area contributed by atoms with Crippen LogP contribution >= 0.6 is 0 Å². The number of anilines is 1. The van der Waals surface area contributed by atoms with Crippen LogP contribution in [0.3, 0.4) is 0 Å². The molecule has 0 bridgehead atoms. The third kappa shape index (κ3) is 3.27. The van der Waals surface area contributed by atoms with Crippen molar-refractivity contribution in [2.75, 3.05) is 5.32 Å². The number of nitro benzene ring substituents is 1. The molecule has 0 saturated heterocycles. The summed E-state index contributed by atoms with van der Waals surface area (Å²) in [5, 5.41) is 13.5. The van der Waals surface area contributed by atoms with Crippen LogP contribution in [0.4, 0.5) is 11.4 Å². The molecule has 0 saturated carbocycles. The van der Waals surface area contributed by atoms with E-state index in [0.29, 0.717) is 24.1 Å². The van der Waals surface area contributed by atoms with Crippen LogP contribution < -0.4 is 5.32 Å². The highest BCUT2D eigenvalue weighted by Gasteiger charge is 2.18. The fourth-order valence-corrected chi connectivity index (χ4v) is 1.68. The van der Waals surface area contributed by atoms with E-state index in [2.05, 4.69) is 5.32 Å². The summed E-state index contributed by atoms with van der Waals surface area (Å²) < 4.78 is 0. The first-order valence-corrected chi connectivity index (χ1v) is 5.51. The Morgan fingerprint density at radius 1 is 1.41 bits per heavy atom. The average Bonchev–Trinajstić information content (AvgIpc) is 2.21. The Morgan fingerprint density at radius 2 is 2.06 bits per heavy atom. The van der Waals surface area contributed by atoms with Crippen molar-refractivity contribution in [2.45, 2.75) is 33.6 Å². The Hall–Kier alpha value is -1.91. The van der Waals surface area contributed by atoms with Gasteiger partial charge in [-0.15, -0.1) is 0 Å². The van der Waals surface area contributed by atoms with E-state index in [-0.39, 0.29) is 11.6 Å². The Bertz CT molecular complexity index is 455. The number of rotatable bonds is 4. The molecule has 92 valence electrons. The van der Waals surface area contributed by atoms with Crippen LogP contribution in [-0.2, 0) is 4.79 Å². The number of nitro groups is 1. The molecule has 5 nitrogen and oxygen atoms in total. The van der Waals surface area contributed by atoms with Gasteiger partial charge in [0, 0.05) is 12.5 Å². The summed E-state index contributed by atoms with van der Waals surface area (Å²) in [4.78, 5) is 21.9. The van der Waals surface area contributed by atoms with Crippen LogP contribution in [0.2, 0.25) is 0 Å². The summed E-state index contributed by atoms with van der Waals surface area (Å²) in [6, 6.07) is 3.28. The topological polar surface area (TPSA) is 72.2 Å². The lowest BCUT2D eigenvalue weighted by Crippen LogP contribution is -2.13. The van der Waals surface area contributed by atoms with Crippen LogP contribution in [0.1, 0.15) is 30.9 Å². The van der Waals surface area contributed by atoms with Gasteiger partial charge >= 0.3 is 0 Å². The highest BCUT2D eigenvalue weighted by Crippen LogP contribution is 2.29. The highest BCUT2D eigenvalue weighted by molar-refractivity contribution is 5.94. The molecule has 0 aromatic heterocycles. The molecule has 0 aliphatic carbocycles. The number of nitrogens with zero attached hydrogens (tertiary/aromatic N) is 1. The van der Waals surface area contributed by atoms with Crippen molar-refractivity contribution in [1.82, 2.24) is 0 Å². The number of hydrogen-bond donors (Lipinski definition) is 1. The second-order valence-corrected chi connectivity index (χ2v) is 4.03. The Morgan fingerprint density at radius 3 is 2.59 bits per heavy atom. The lowest BCUT2D eigenvalue weighted by molar-refractivity contribution is -0.384. The average molecular weight is 236 g/mol. The summed E-state index contributed by atoms with van der Waals surface area (Å²) in [7, 11) is 0. The molecule has 1 rings (SSSR count). The van der Waals surface area contributed by atoms with E-state index in [4.69, 9.17) is 0 Å². The predicted octanol–water partition coefficient (Wildman–Crippen LogP) is 2.95. The third-order valence-electron chi connectivity index (χ3n) is 2.40. The first-order chi connectivity index (χ1) is 7.95. The zero-order valence-corrected chi connectivity index (χ0v) is 10.2. The molecular formula is C12H16N2O3. The molecule has 5 heteroatoms. The van der Waals surface area contributed by atoms with Gasteiger partial charge in [-0.3, -0.25) is 14.9 Å². The van der Waals surface area contributed by atoms with Crippen molar-refractivity contribution in [3.05, 3.63) is 33.4 Å². The second kappa shape index (κ2) is 5.43. The van der Waals surface area contributed by atoms with Crippen LogP contribution in [-0.4, -0.2) is 10.8 Å². The molecule has 0 unspecified atom stereocenters. The molecule has 1 N–H and O–H groups in total. The molecule has 0 aliphatic heterocycles. The molecule has 0 radical (unpaired) electrons. The number of benzene rings is 1. The van der Waals surface area contributed by atoms with Gasteiger partial charge in [-0.2, -0.15) is 0 Å². The molecule has 1 amide bonds. The lowest BCUT2D eigenvalue weighted by atomic mass is 10.1. The van der Waals surface area contributed by atoms with Crippen LogP contribution in [0, 0.1) is 24.0 Å². The lowest BCUT2D eigenvalue weighted by Gasteiger charge is -2.09. The van der Waals surface area contributed by atoms with Gasteiger partial charge in [0.25, 0.3) is 5.69 Å². The third-order valence-corrected chi connectivity index (χ3v) is 2.40. The Labute approximate surface area is 100.0 Å². The molecule has 0 atom stereocenters. The van der Waals surface area contributed by atoms with Gasteiger partial charge in [0.05, 0.1) is 4.92 Å². The van der Waals surface area contributed by atoms with Crippen LogP contribution in [0.25, 0.3) is 0 Å². The minimum Gasteiger partial charge on any atom is -0.320 e. The monoisotopic (exact) mass is 236 g/mol. The van der Waals surface area contributed by atoms with E-state index < -0.39 is 4.92 Å². The van der Waals surface area contributed by atoms with E-state index in [1.54, 1.807) is 13.8 Å². The molecule has 0 spiro atoms. The van der Waals surface area contributed by atoms with Gasteiger partial charge in [0.1, 0.15) is 5.69 Å². The SMILES string of the molecule is CCCC(=O)Nc1c(C)cc(C)cc1[N+](=O)[O-]. The van der Waals surface area contributed by atoms with Crippen LogP contribution in [0.15, 0.2) is 12.1 Å². The minimum atomic E-state index is -0.471. The van der Waals surface area contributed by atoms with Crippen molar-refractivity contribution >= 4 is 17.3 Å². The molecule has 0 heterocycles. The maximum atomic E-state index is 11.5. The Balaban J connectivity index is 3.12. The Kier molecular flexibility index (Phi) is 4.20. The van der Waals surface area contributed by atoms with Crippen molar-refractivity contribution in [3.8, 4) is 0 Å². The minimum absolute atomic E-state index is 0.0491. The van der Waals surface area contributed by atoms with Gasteiger partial charge < -0.3 is 5.32 Å². The van der Waals surface area contributed by atoms with Crippen molar-refractivity contribution in [2.24, 2.45) is 0 Å². The van der Waals surface area contributed by atoms with Crippen molar-refractivity contribution in [1.29, 1.82) is 0 Å². The molecule has 0 fully saturated rings. The van der Waals surface area contributed by atoms with Gasteiger partial charge in [0.2, 0.25) is 5.91 Å². The molecule has 17 heavy (non-hydrogen) atoms. The standard InChI is InChI=1S/C12H16N2O3/c1-4-5-11(15)13-12-9(3)6-8(2)7-10(12)14(16)17/h6-7H,4-5H2,1-3H3,(H,13,15). The maximum Gasteiger partial charge on any atom is 0.293 e. The van der Waals surface area contributed by atoms with E-state index in [1.165, 1.54) is 6.07 Å². The van der Waals surface area contributed by atoms with Crippen molar-refractivity contribution < 1.29 is 9.72 Å². The number of amides is 1. The summed E-state index contributed by atoms with van der Waals surface area (Å²) in [5.74, 6) is -0.192.